The minimum Gasteiger partial charge on any atom is -0.342 e. The van der Waals surface area contributed by atoms with Gasteiger partial charge in [0, 0.05) is 5.75 Å². The lowest BCUT2D eigenvalue weighted by Gasteiger charge is -2.38. The first-order valence-corrected chi connectivity index (χ1v) is 11.9. The maximum atomic E-state index is 12.8. The lowest BCUT2D eigenvalue weighted by molar-refractivity contribution is -0.137. The normalized spacial score (nSPS) is 18.8. The average molecular weight is 445 g/mol. The number of amides is 2. The highest BCUT2D eigenvalue weighted by molar-refractivity contribution is 8.00. The van der Waals surface area contributed by atoms with Gasteiger partial charge >= 0.3 is 0 Å². The Morgan fingerprint density at radius 1 is 0.719 bits per heavy atom. The Morgan fingerprint density at radius 3 is 1.56 bits per heavy atom. The van der Waals surface area contributed by atoms with Gasteiger partial charge in [-0.05, 0) is 22.6 Å². The van der Waals surface area contributed by atoms with E-state index in [-0.39, 0.29) is 17.7 Å². The number of rotatable bonds is 7. The Morgan fingerprint density at radius 2 is 1.16 bits per heavy atom. The second-order valence-corrected chi connectivity index (χ2v) is 9.62. The van der Waals surface area contributed by atoms with E-state index in [1.807, 2.05) is 68.4 Å². The summed E-state index contributed by atoms with van der Waals surface area (Å²) >= 11 is 1.67. The van der Waals surface area contributed by atoms with Crippen molar-refractivity contribution in [3.63, 3.8) is 0 Å². The van der Waals surface area contributed by atoms with Crippen LogP contribution in [0.2, 0.25) is 0 Å². The number of hydrogen-bond donors (Lipinski definition) is 2. The van der Waals surface area contributed by atoms with E-state index >= 15 is 0 Å². The molecule has 164 valence electrons. The van der Waals surface area contributed by atoms with Crippen molar-refractivity contribution in [2.24, 2.45) is 5.92 Å². The van der Waals surface area contributed by atoms with Crippen LogP contribution in [0.3, 0.4) is 0 Å². The number of carbonyl (C=O) groups is 2. The first-order valence-electron chi connectivity index (χ1n) is 10.9. The highest BCUT2D eigenvalue weighted by Gasteiger charge is 2.40. The molecule has 0 aromatic heterocycles. The average Bonchev–Trinajstić information content (AvgIpc) is 2.83. The summed E-state index contributed by atoms with van der Waals surface area (Å²) in [5, 5.41) is 5.86. The largest absolute Gasteiger partial charge is 0.342 e. The molecule has 2 amide bonds. The first kappa shape index (κ1) is 22.2. The number of thioether (sulfide) groups is 1. The molecular weight excluding hydrogens is 416 g/mol. The molecule has 2 N–H and O–H groups in total. The quantitative estimate of drug-likeness (QED) is 0.533. The van der Waals surface area contributed by atoms with Gasteiger partial charge in [-0.15, -0.1) is 11.8 Å². The van der Waals surface area contributed by atoms with E-state index in [0.717, 1.165) is 16.7 Å². The van der Waals surface area contributed by atoms with Gasteiger partial charge < -0.3 is 10.6 Å². The van der Waals surface area contributed by atoms with Gasteiger partial charge in [-0.1, -0.05) is 105 Å². The highest BCUT2D eigenvalue weighted by atomic mass is 32.2. The SMILES string of the molecule is CC(C)[C@@H]1NC(=O)[C@H](CSC(c2ccccc2)(c2ccccc2)c2ccccc2)NC1=O. The van der Waals surface area contributed by atoms with Gasteiger partial charge in [-0.3, -0.25) is 9.59 Å². The van der Waals surface area contributed by atoms with Crippen LogP contribution in [-0.4, -0.2) is 29.7 Å². The number of carbonyl (C=O) groups excluding carboxylic acids is 2. The third-order valence-electron chi connectivity index (χ3n) is 5.89. The third kappa shape index (κ3) is 4.30. The monoisotopic (exact) mass is 444 g/mol. The van der Waals surface area contributed by atoms with E-state index in [9.17, 15) is 9.59 Å². The fraction of sp³-hybridized carbons (Fsp3) is 0.259. The summed E-state index contributed by atoms with van der Waals surface area (Å²) < 4.78 is -0.524. The minimum absolute atomic E-state index is 0.0459. The number of benzene rings is 3. The van der Waals surface area contributed by atoms with E-state index in [4.69, 9.17) is 0 Å². The molecule has 1 fully saturated rings. The molecule has 0 unspecified atom stereocenters. The summed E-state index contributed by atoms with van der Waals surface area (Å²) in [6.07, 6.45) is 0. The van der Waals surface area contributed by atoms with Gasteiger partial charge in [0.15, 0.2) is 0 Å². The predicted octanol–water partition coefficient (Wildman–Crippen LogP) is 4.35. The molecule has 2 atom stereocenters. The zero-order valence-electron chi connectivity index (χ0n) is 18.3. The van der Waals surface area contributed by atoms with Crippen LogP contribution in [0.5, 0.6) is 0 Å². The Bertz CT molecular complexity index is 958. The van der Waals surface area contributed by atoms with Crippen molar-refractivity contribution in [1.29, 1.82) is 0 Å². The Balaban J connectivity index is 1.74. The van der Waals surface area contributed by atoms with Crippen molar-refractivity contribution in [3.8, 4) is 0 Å². The molecule has 1 saturated heterocycles. The van der Waals surface area contributed by atoms with Crippen molar-refractivity contribution < 1.29 is 9.59 Å². The Labute approximate surface area is 193 Å². The molecule has 1 heterocycles. The number of hydrogen-bond acceptors (Lipinski definition) is 3. The molecule has 0 aliphatic carbocycles. The Hall–Kier alpha value is -3.05. The summed E-state index contributed by atoms with van der Waals surface area (Å²) in [6.45, 7) is 3.87. The van der Waals surface area contributed by atoms with Crippen LogP contribution in [0, 0.1) is 5.92 Å². The maximum absolute atomic E-state index is 12.8. The van der Waals surface area contributed by atoms with E-state index < -0.39 is 16.8 Å². The number of piperazine rings is 1. The van der Waals surface area contributed by atoms with Crippen molar-refractivity contribution >= 4 is 23.6 Å². The fourth-order valence-corrected chi connectivity index (χ4v) is 5.77. The Kier molecular flexibility index (Phi) is 6.66. The van der Waals surface area contributed by atoms with E-state index in [0.29, 0.717) is 5.75 Å². The molecule has 3 aromatic carbocycles. The van der Waals surface area contributed by atoms with Crippen LogP contribution in [0.25, 0.3) is 0 Å². The minimum atomic E-state index is -0.585. The van der Waals surface area contributed by atoms with Crippen molar-refractivity contribution in [3.05, 3.63) is 108 Å². The second-order valence-electron chi connectivity index (χ2n) is 8.38. The molecular formula is C27H28N2O2S. The fourth-order valence-electron chi connectivity index (χ4n) is 4.21. The standard InChI is InChI=1S/C27H28N2O2S/c1-19(2)24-26(31)28-23(25(30)29-24)18-32-27(20-12-6-3-7-13-20,21-14-8-4-9-15-21)22-16-10-5-11-17-22/h3-17,19,23-24H,18H2,1-2H3,(H,28,31)(H,29,30)/t23-,24-/m0/s1. The molecule has 4 rings (SSSR count). The van der Waals surface area contributed by atoms with Crippen molar-refractivity contribution in [2.75, 3.05) is 5.75 Å². The molecule has 32 heavy (non-hydrogen) atoms. The molecule has 1 aliphatic heterocycles. The lowest BCUT2D eigenvalue weighted by atomic mass is 9.84. The zero-order valence-corrected chi connectivity index (χ0v) is 19.1. The van der Waals surface area contributed by atoms with Crippen LogP contribution < -0.4 is 10.6 Å². The van der Waals surface area contributed by atoms with Crippen LogP contribution in [0.4, 0.5) is 0 Å². The van der Waals surface area contributed by atoms with Gasteiger partial charge in [0.2, 0.25) is 11.8 Å². The van der Waals surface area contributed by atoms with Crippen molar-refractivity contribution in [1.82, 2.24) is 10.6 Å². The zero-order chi connectivity index (χ0) is 22.6. The maximum Gasteiger partial charge on any atom is 0.244 e. The van der Waals surface area contributed by atoms with Gasteiger partial charge in [0.25, 0.3) is 0 Å². The van der Waals surface area contributed by atoms with Crippen LogP contribution in [0.15, 0.2) is 91.0 Å². The van der Waals surface area contributed by atoms with E-state index in [1.54, 1.807) is 11.8 Å². The molecule has 0 bridgehead atoms. The predicted molar refractivity (Wildman–Crippen MR) is 130 cm³/mol. The van der Waals surface area contributed by atoms with E-state index in [2.05, 4.69) is 47.0 Å². The topological polar surface area (TPSA) is 58.2 Å². The highest BCUT2D eigenvalue weighted by Crippen LogP contribution is 2.48. The molecule has 5 heteroatoms. The van der Waals surface area contributed by atoms with Crippen LogP contribution >= 0.6 is 11.8 Å². The smallest absolute Gasteiger partial charge is 0.244 e. The molecule has 0 spiro atoms. The summed E-state index contributed by atoms with van der Waals surface area (Å²) in [6, 6.07) is 30.0. The molecule has 0 saturated carbocycles. The first-order chi connectivity index (χ1) is 15.5. The van der Waals surface area contributed by atoms with Gasteiger partial charge in [0.1, 0.15) is 12.1 Å². The second kappa shape index (κ2) is 9.61. The summed E-state index contributed by atoms with van der Waals surface area (Å²) in [5.74, 6) is 0.250. The molecule has 1 aliphatic rings. The van der Waals surface area contributed by atoms with Gasteiger partial charge in [-0.25, -0.2) is 0 Å². The van der Waals surface area contributed by atoms with Gasteiger partial charge in [0.05, 0.1) is 4.75 Å². The number of nitrogens with one attached hydrogen (secondary N) is 2. The van der Waals surface area contributed by atoms with Crippen LogP contribution in [0.1, 0.15) is 30.5 Å². The third-order valence-corrected chi connectivity index (χ3v) is 7.53. The van der Waals surface area contributed by atoms with Crippen LogP contribution in [-0.2, 0) is 14.3 Å². The summed E-state index contributed by atoms with van der Waals surface area (Å²) in [5.41, 5.74) is 3.39. The summed E-state index contributed by atoms with van der Waals surface area (Å²) in [4.78, 5) is 25.4. The van der Waals surface area contributed by atoms with E-state index in [1.165, 1.54) is 0 Å². The van der Waals surface area contributed by atoms with Crippen molar-refractivity contribution in [2.45, 2.75) is 30.7 Å². The molecule has 4 nitrogen and oxygen atoms in total. The molecule has 0 radical (unpaired) electrons. The van der Waals surface area contributed by atoms with Gasteiger partial charge in [-0.2, -0.15) is 0 Å². The molecule has 3 aromatic rings. The summed E-state index contributed by atoms with van der Waals surface area (Å²) in [7, 11) is 0. The lowest BCUT2D eigenvalue weighted by Crippen LogP contribution is -2.64.